The first-order valence-electron chi connectivity index (χ1n) is 12.4. The molecule has 0 amide bonds. The minimum Gasteiger partial charge on any atom is -0.507 e. The number of benzene rings is 4. The van der Waals surface area contributed by atoms with E-state index >= 15 is 0 Å². The van der Waals surface area contributed by atoms with Gasteiger partial charge >= 0.3 is 0 Å². The van der Waals surface area contributed by atoms with Crippen LogP contribution < -0.4 is 9.47 Å². The van der Waals surface area contributed by atoms with Gasteiger partial charge in [0, 0.05) is 46.4 Å². The summed E-state index contributed by atoms with van der Waals surface area (Å²) in [6.07, 6.45) is 3.41. The van der Waals surface area contributed by atoms with Crippen molar-refractivity contribution in [2.24, 2.45) is 9.98 Å². The van der Waals surface area contributed by atoms with Crippen molar-refractivity contribution < 1.29 is 24.5 Å². The zero-order chi connectivity index (χ0) is 28.3. The lowest BCUT2D eigenvalue weighted by Gasteiger charge is -2.10. The molecule has 9 heteroatoms. The number of para-hydroxylation sites is 4. The van der Waals surface area contributed by atoms with E-state index in [4.69, 9.17) is 32.7 Å². The van der Waals surface area contributed by atoms with Crippen LogP contribution in [0.1, 0.15) is 24.0 Å². The van der Waals surface area contributed by atoms with Crippen molar-refractivity contribution in [2.75, 3.05) is 13.2 Å². The van der Waals surface area contributed by atoms with Crippen LogP contribution in [0.4, 0.5) is 11.4 Å². The summed E-state index contributed by atoms with van der Waals surface area (Å²) in [5.74, 6) is 1.14. The second kappa shape index (κ2) is 14.2. The van der Waals surface area contributed by atoms with Crippen LogP contribution >= 0.6 is 23.2 Å². The molecule has 0 aliphatic heterocycles. The van der Waals surface area contributed by atoms with Crippen LogP contribution in [0, 0.1) is 0 Å². The van der Waals surface area contributed by atoms with Gasteiger partial charge in [0.05, 0.1) is 13.2 Å². The number of aromatic hydroxyl groups is 2. The topological polar surface area (TPSA) is 101 Å². The zero-order valence-corrected chi connectivity index (χ0v) is 22.8. The predicted molar refractivity (Wildman–Crippen MR) is 159 cm³/mol. The number of phenolic OH excluding ortho intramolecular Hbond substituents is 2. The van der Waals surface area contributed by atoms with Gasteiger partial charge in [0.15, 0.2) is 0 Å². The lowest BCUT2D eigenvalue weighted by molar-refractivity contribution is -0.120. The molecule has 0 radical (unpaired) electrons. The molecule has 7 nitrogen and oxygen atoms in total. The van der Waals surface area contributed by atoms with E-state index in [1.54, 1.807) is 48.5 Å². The lowest BCUT2D eigenvalue weighted by atomic mass is 10.2. The number of aliphatic imine (C=N–C) groups is 2. The number of carbonyl (C=O) groups is 1. The van der Waals surface area contributed by atoms with Crippen molar-refractivity contribution in [3.63, 3.8) is 0 Å². The summed E-state index contributed by atoms with van der Waals surface area (Å²) in [4.78, 5) is 21.3. The maximum absolute atomic E-state index is 12.5. The molecular weight excluding hydrogens is 551 g/mol. The van der Waals surface area contributed by atoms with Crippen LogP contribution in [0.25, 0.3) is 0 Å². The molecule has 4 aromatic rings. The molecule has 0 aliphatic carbocycles. The normalized spacial score (nSPS) is 11.2. The van der Waals surface area contributed by atoms with Gasteiger partial charge in [-0.2, -0.15) is 0 Å². The molecule has 0 saturated heterocycles. The second-order valence-corrected chi connectivity index (χ2v) is 9.47. The van der Waals surface area contributed by atoms with Gasteiger partial charge in [-0.05, 0) is 60.7 Å². The number of Topliss-reactive ketones (excluding diaryl/α,β-unsaturated/α-hetero) is 1. The number of hydrogen-bond donors (Lipinski definition) is 2. The molecule has 0 fully saturated rings. The second-order valence-electron chi connectivity index (χ2n) is 8.59. The Hall–Kier alpha value is -4.33. The fourth-order valence-corrected chi connectivity index (χ4v) is 3.94. The van der Waals surface area contributed by atoms with E-state index in [9.17, 15) is 15.0 Å². The van der Waals surface area contributed by atoms with Gasteiger partial charge in [-0.25, -0.2) is 0 Å². The highest BCUT2D eigenvalue weighted by molar-refractivity contribution is 6.31. The average Bonchev–Trinajstić information content (AvgIpc) is 2.95. The highest BCUT2D eigenvalue weighted by Gasteiger charge is 2.08. The number of nitrogens with zero attached hydrogens (tertiary/aromatic N) is 2. The first-order valence-corrected chi connectivity index (χ1v) is 13.1. The summed E-state index contributed by atoms with van der Waals surface area (Å²) in [6, 6.07) is 23.7. The fourth-order valence-electron chi connectivity index (χ4n) is 3.58. The van der Waals surface area contributed by atoms with E-state index in [2.05, 4.69) is 9.98 Å². The van der Waals surface area contributed by atoms with Gasteiger partial charge in [-0.3, -0.25) is 14.8 Å². The Kier molecular flexibility index (Phi) is 10.2. The Labute approximate surface area is 242 Å². The van der Waals surface area contributed by atoms with Gasteiger partial charge in [0.25, 0.3) is 0 Å². The molecule has 0 saturated carbocycles. The van der Waals surface area contributed by atoms with Crippen LogP contribution in [-0.2, 0) is 4.79 Å². The SMILES string of the molecule is O=C(CCOc1ccccc1N=Cc1cc(Cl)ccc1O)CCOc1ccccc1N=Cc1cc(Cl)ccc1O. The van der Waals surface area contributed by atoms with Crippen molar-refractivity contribution in [3.05, 3.63) is 106 Å². The Morgan fingerprint density at radius 2 is 1.10 bits per heavy atom. The van der Waals surface area contributed by atoms with E-state index in [0.29, 0.717) is 44.0 Å². The lowest BCUT2D eigenvalue weighted by Crippen LogP contribution is -2.10. The van der Waals surface area contributed by atoms with E-state index in [0.717, 1.165) is 0 Å². The standard InChI is InChI=1S/C31H26Cl2N2O5/c32-23-9-11-28(37)21(17-23)19-34-26-5-1-3-7-30(26)39-15-13-25(36)14-16-40-31-8-4-2-6-27(31)35-20-22-18-24(33)10-12-29(22)38/h1-12,17-20,37-38H,13-16H2. The minimum atomic E-state index is -0.0188. The Morgan fingerprint density at radius 1 is 0.675 bits per heavy atom. The van der Waals surface area contributed by atoms with Gasteiger partial charge in [-0.15, -0.1) is 0 Å². The molecule has 4 aromatic carbocycles. The quantitative estimate of drug-likeness (QED) is 0.168. The van der Waals surface area contributed by atoms with Gasteiger partial charge in [-0.1, -0.05) is 47.5 Å². The van der Waals surface area contributed by atoms with E-state index in [1.165, 1.54) is 24.6 Å². The summed E-state index contributed by atoms with van der Waals surface area (Å²) in [7, 11) is 0. The zero-order valence-electron chi connectivity index (χ0n) is 21.3. The van der Waals surface area contributed by atoms with Gasteiger partial charge in [0.1, 0.15) is 40.2 Å². The number of halogens is 2. The van der Waals surface area contributed by atoms with Crippen molar-refractivity contribution in [1.29, 1.82) is 0 Å². The first kappa shape index (κ1) is 28.7. The number of hydrogen-bond acceptors (Lipinski definition) is 7. The molecule has 4 rings (SSSR count). The largest absolute Gasteiger partial charge is 0.507 e. The third-order valence-corrected chi connectivity index (χ3v) is 6.14. The fraction of sp³-hybridized carbons (Fsp3) is 0.129. The molecule has 0 aromatic heterocycles. The summed E-state index contributed by atoms with van der Waals surface area (Å²) < 4.78 is 11.6. The summed E-state index contributed by atoms with van der Waals surface area (Å²) in [5, 5.41) is 20.9. The van der Waals surface area contributed by atoms with Crippen LogP contribution in [0.2, 0.25) is 10.0 Å². The van der Waals surface area contributed by atoms with Crippen LogP contribution in [0.5, 0.6) is 23.0 Å². The van der Waals surface area contributed by atoms with Crippen LogP contribution in [-0.4, -0.2) is 41.6 Å². The molecule has 2 N–H and O–H groups in total. The number of carbonyl (C=O) groups excluding carboxylic acids is 1. The number of ketones is 1. The van der Waals surface area contributed by atoms with Crippen molar-refractivity contribution >= 4 is 52.8 Å². The van der Waals surface area contributed by atoms with E-state index in [1.807, 2.05) is 24.3 Å². The minimum absolute atomic E-state index is 0.0188. The van der Waals surface area contributed by atoms with Crippen molar-refractivity contribution in [3.8, 4) is 23.0 Å². The molecule has 0 aliphatic rings. The van der Waals surface area contributed by atoms with Gasteiger partial charge in [0.2, 0.25) is 0 Å². The number of ether oxygens (including phenoxy) is 2. The maximum atomic E-state index is 12.5. The summed E-state index contributed by atoms with van der Waals surface area (Å²) in [5.41, 5.74) is 2.07. The third-order valence-electron chi connectivity index (χ3n) is 5.67. The van der Waals surface area contributed by atoms with Crippen LogP contribution in [0.15, 0.2) is 94.9 Å². The predicted octanol–water partition coefficient (Wildman–Crippen LogP) is 7.71. The van der Waals surface area contributed by atoms with Crippen molar-refractivity contribution in [2.45, 2.75) is 12.8 Å². The highest BCUT2D eigenvalue weighted by Crippen LogP contribution is 2.29. The Balaban J connectivity index is 1.27. The molecular formula is C31H26Cl2N2O5. The molecule has 0 spiro atoms. The molecule has 0 unspecified atom stereocenters. The average molecular weight is 577 g/mol. The van der Waals surface area contributed by atoms with Crippen LogP contribution in [0.3, 0.4) is 0 Å². The van der Waals surface area contributed by atoms with Gasteiger partial charge < -0.3 is 19.7 Å². The Bertz CT molecular complexity index is 1430. The summed E-state index contributed by atoms with van der Waals surface area (Å²) in [6.45, 7) is 0.357. The first-order chi connectivity index (χ1) is 19.4. The molecule has 0 heterocycles. The molecule has 0 atom stereocenters. The number of rotatable bonds is 12. The highest BCUT2D eigenvalue weighted by atomic mass is 35.5. The van der Waals surface area contributed by atoms with E-state index in [-0.39, 0.29) is 43.3 Å². The molecule has 204 valence electrons. The number of phenols is 2. The smallest absolute Gasteiger partial charge is 0.144 e. The Morgan fingerprint density at radius 3 is 1.55 bits per heavy atom. The molecule has 40 heavy (non-hydrogen) atoms. The maximum Gasteiger partial charge on any atom is 0.144 e. The summed E-state index contributed by atoms with van der Waals surface area (Å²) >= 11 is 12.0. The van der Waals surface area contributed by atoms with E-state index < -0.39 is 0 Å². The van der Waals surface area contributed by atoms with Crippen molar-refractivity contribution in [1.82, 2.24) is 0 Å². The third kappa shape index (κ3) is 8.33. The monoisotopic (exact) mass is 576 g/mol. The molecule has 0 bridgehead atoms.